The predicted octanol–water partition coefficient (Wildman–Crippen LogP) is 3.79. The molecule has 0 aliphatic rings. The molecule has 33 heavy (non-hydrogen) atoms. The van der Waals surface area contributed by atoms with Crippen molar-refractivity contribution in [2.45, 2.75) is 32.5 Å². The molecule has 6 nitrogen and oxygen atoms in total. The molecule has 0 aliphatic carbocycles. The normalized spacial score (nSPS) is 13.5. The number of carbonyl (C=O) groups is 1. The van der Waals surface area contributed by atoms with Crippen molar-refractivity contribution in [3.63, 3.8) is 0 Å². The number of benzene rings is 1. The fourth-order valence-corrected chi connectivity index (χ4v) is 3.36. The molecule has 1 unspecified atom stereocenters. The standard InChI is InChI=1S/C24H23F3N2O4/c1-14(2)13-33-22(31)18-15(3)28-20-19(18)16(12-29(4)21(20)30)10-11-23(32,24(25,26)27)17-8-6-5-7-9-17/h5-9,12,14,28,32H,13H2,1-4H3. The first-order valence-electron chi connectivity index (χ1n) is 10.1. The van der Waals surface area contributed by atoms with Gasteiger partial charge in [-0.2, -0.15) is 13.2 Å². The van der Waals surface area contributed by atoms with Crippen LogP contribution in [-0.4, -0.2) is 33.4 Å². The minimum atomic E-state index is -5.10. The van der Waals surface area contributed by atoms with E-state index < -0.39 is 28.9 Å². The number of nitrogens with one attached hydrogen (secondary N) is 1. The Morgan fingerprint density at radius 2 is 1.88 bits per heavy atom. The van der Waals surface area contributed by atoms with Crippen molar-refractivity contribution in [1.29, 1.82) is 0 Å². The average molecular weight is 460 g/mol. The number of esters is 1. The SMILES string of the molecule is Cc1[nH]c2c(=O)n(C)cc(C#CC(O)(c3ccccc3)C(F)(F)F)c2c1C(=O)OCC(C)C. The highest BCUT2D eigenvalue weighted by Crippen LogP contribution is 2.38. The number of aliphatic hydroxyl groups is 1. The quantitative estimate of drug-likeness (QED) is 0.458. The minimum absolute atomic E-state index is 0.00792. The lowest BCUT2D eigenvalue weighted by molar-refractivity contribution is -0.240. The monoisotopic (exact) mass is 460 g/mol. The number of aryl methyl sites for hydroxylation is 2. The van der Waals surface area contributed by atoms with Gasteiger partial charge in [-0.1, -0.05) is 50.1 Å². The molecule has 0 fully saturated rings. The van der Waals surface area contributed by atoms with Crippen molar-refractivity contribution in [3.05, 3.63) is 69.3 Å². The number of ether oxygens (including phenoxy) is 1. The Bertz CT molecular complexity index is 1310. The highest BCUT2D eigenvalue weighted by Gasteiger charge is 2.54. The van der Waals surface area contributed by atoms with Crippen LogP contribution in [0.15, 0.2) is 41.3 Å². The first-order chi connectivity index (χ1) is 15.4. The molecule has 0 aliphatic heterocycles. The van der Waals surface area contributed by atoms with Gasteiger partial charge in [-0.15, -0.1) is 0 Å². The van der Waals surface area contributed by atoms with Crippen LogP contribution in [0.5, 0.6) is 0 Å². The number of carbonyl (C=O) groups excluding carboxylic acids is 1. The maximum atomic E-state index is 13.8. The zero-order valence-electron chi connectivity index (χ0n) is 18.5. The third-order valence-corrected chi connectivity index (χ3v) is 5.05. The summed E-state index contributed by atoms with van der Waals surface area (Å²) >= 11 is 0. The van der Waals surface area contributed by atoms with E-state index in [1.165, 1.54) is 31.4 Å². The molecule has 2 heterocycles. The van der Waals surface area contributed by atoms with Crippen LogP contribution < -0.4 is 5.56 Å². The largest absolute Gasteiger partial charge is 0.462 e. The summed E-state index contributed by atoms with van der Waals surface area (Å²) in [5, 5.41) is 10.6. The van der Waals surface area contributed by atoms with Gasteiger partial charge in [0.15, 0.2) is 0 Å². The highest BCUT2D eigenvalue weighted by molar-refractivity contribution is 6.07. The van der Waals surface area contributed by atoms with Crippen molar-refractivity contribution in [1.82, 2.24) is 9.55 Å². The first kappa shape index (κ1) is 24.1. The fourth-order valence-electron chi connectivity index (χ4n) is 3.36. The predicted molar refractivity (Wildman–Crippen MR) is 117 cm³/mol. The molecule has 9 heteroatoms. The molecule has 0 bridgehead atoms. The Balaban J connectivity index is 2.26. The molecule has 1 aromatic carbocycles. The summed E-state index contributed by atoms with van der Waals surface area (Å²) < 4.78 is 48.0. The molecule has 1 atom stereocenters. The Hall–Kier alpha value is -3.51. The molecule has 0 saturated heterocycles. The third-order valence-electron chi connectivity index (χ3n) is 5.05. The molecule has 3 rings (SSSR count). The molecular weight excluding hydrogens is 437 g/mol. The van der Waals surface area contributed by atoms with Gasteiger partial charge in [0.1, 0.15) is 5.52 Å². The number of H-pyrrole nitrogens is 1. The molecule has 2 N–H and O–H groups in total. The molecule has 0 amide bonds. The van der Waals surface area contributed by atoms with Crippen LogP contribution in [0, 0.1) is 24.7 Å². The lowest BCUT2D eigenvalue weighted by Gasteiger charge is -2.25. The summed E-state index contributed by atoms with van der Waals surface area (Å²) in [5.41, 5.74) is -4.09. The Labute approximate surface area is 188 Å². The van der Waals surface area contributed by atoms with Crippen molar-refractivity contribution >= 4 is 16.9 Å². The second-order valence-corrected chi connectivity index (χ2v) is 8.15. The average Bonchev–Trinajstić information content (AvgIpc) is 3.10. The van der Waals surface area contributed by atoms with Crippen LogP contribution in [0.1, 0.15) is 41.0 Å². The van der Waals surface area contributed by atoms with Gasteiger partial charge < -0.3 is 19.4 Å². The molecule has 2 aromatic heterocycles. The Morgan fingerprint density at radius 1 is 1.24 bits per heavy atom. The number of nitrogens with zero attached hydrogens (tertiary/aromatic N) is 1. The number of aromatic nitrogens is 2. The summed E-state index contributed by atoms with van der Waals surface area (Å²) in [6, 6.07) is 6.47. The lowest BCUT2D eigenvalue weighted by Crippen LogP contribution is -2.41. The van der Waals surface area contributed by atoms with Gasteiger partial charge in [0.25, 0.3) is 5.56 Å². The van der Waals surface area contributed by atoms with Gasteiger partial charge in [0.2, 0.25) is 5.60 Å². The van der Waals surface area contributed by atoms with E-state index >= 15 is 0 Å². The van der Waals surface area contributed by atoms with E-state index in [-0.39, 0.29) is 34.6 Å². The molecule has 0 saturated carbocycles. The molecule has 0 spiro atoms. The summed E-state index contributed by atoms with van der Waals surface area (Å²) in [4.78, 5) is 28.2. The van der Waals surface area contributed by atoms with E-state index in [9.17, 15) is 27.9 Å². The first-order valence-corrected chi connectivity index (χ1v) is 10.1. The number of hydrogen-bond donors (Lipinski definition) is 2. The zero-order valence-corrected chi connectivity index (χ0v) is 18.5. The number of alkyl halides is 3. The van der Waals surface area contributed by atoms with Gasteiger partial charge in [-0.05, 0) is 18.8 Å². The van der Waals surface area contributed by atoms with E-state index in [1.807, 2.05) is 19.8 Å². The van der Waals surface area contributed by atoms with Crippen LogP contribution >= 0.6 is 0 Å². The number of pyridine rings is 1. The maximum Gasteiger partial charge on any atom is 0.433 e. The van der Waals surface area contributed by atoms with Crippen molar-refractivity contribution in [3.8, 4) is 11.8 Å². The molecule has 174 valence electrons. The van der Waals surface area contributed by atoms with Crippen LogP contribution in [0.25, 0.3) is 10.9 Å². The van der Waals surface area contributed by atoms with Crippen molar-refractivity contribution in [2.24, 2.45) is 13.0 Å². The number of rotatable bonds is 4. The maximum absolute atomic E-state index is 13.8. The van der Waals surface area contributed by atoms with Gasteiger partial charge in [-0.3, -0.25) is 4.79 Å². The van der Waals surface area contributed by atoms with Crippen molar-refractivity contribution < 1.29 is 27.8 Å². The lowest BCUT2D eigenvalue weighted by atomic mass is 9.93. The number of fused-ring (bicyclic) bond motifs is 1. The number of halogens is 3. The van der Waals surface area contributed by atoms with Gasteiger partial charge in [0, 0.05) is 29.9 Å². The molecular formula is C24H23F3N2O4. The Morgan fingerprint density at radius 3 is 2.45 bits per heavy atom. The second kappa shape index (κ2) is 8.79. The van der Waals surface area contributed by atoms with Crippen molar-refractivity contribution in [2.75, 3.05) is 6.61 Å². The number of hydrogen-bond acceptors (Lipinski definition) is 4. The fraction of sp³-hybridized carbons (Fsp3) is 0.333. The highest BCUT2D eigenvalue weighted by atomic mass is 19.4. The van der Waals surface area contributed by atoms with E-state index in [0.29, 0.717) is 5.69 Å². The van der Waals surface area contributed by atoms with Gasteiger partial charge in [-0.25, -0.2) is 4.79 Å². The summed E-state index contributed by atoms with van der Waals surface area (Å²) in [5.74, 6) is 3.63. The smallest absolute Gasteiger partial charge is 0.433 e. The second-order valence-electron chi connectivity index (χ2n) is 8.15. The van der Waals surface area contributed by atoms with Gasteiger partial charge >= 0.3 is 12.1 Å². The van der Waals surface area contributed by atoms with Gasteiger partial charge in [0.05, 0.1) is 17.7 Å². The third kappa shape index (κ3) is 4.52. The van der Waals surface area contributed by atoms with E-state index in [2.05, 4.69) is 10.9 Å². The van der Waals surface area contributed by atoms with Crippen LogP contribution in [-0.2, 0) is 17.4 Å². The minimum Gasteiger partial charge on any atom is -0.462 e. The van der Waals surface area contributed by atoms with Crippen LogP contribution in [0.2, 0.25) is 0 Å². The van der Waals surface area contributed by atoms with Crippen LogP contribution in [0.4, 0.5) is 13.2 Å². The summed E-state index contributed by atoms with van der Waals surface area (Å²) in [7, 11) is 1.41. The molecule has 3 aromatic rings. The summed E-state index contributed by atoms with van der Waals surface area (Å²) in [6.07, 6.45) is -3.87. The zero-order chi connectivity index (χ0) is 24.6. The Kier molecular flexibility index (Phi) is 6.43. The van der Waals surface area contributed by atoms with Crippen LogP contribution in [0.3, 0.4) is 0 Å². The molecule has 0 radical (unpaired) electrons. The number of aromatic amines is 1. The summed E-state index contributed by atoms with van der Waals surface area (Å²) in [6.45, 7) is 5.38. The van der Waals surface area contributed by atoms with E-state index in [1.54, 1.807) is 6.92 Å². The van der Waals surface area contributed by atoms with E-state index in [0.717, 1.165) is 16.7 Å². The topological polar surface area (TPSA) is 84.3 Å². The van der Waals surface area contributed by atoms with E-state index in [4.69, 9.17) is 4.74 Å².